The van der Waals surface area contributed by atoms with Gasteiger partial charge in [-0.3, -0.25) is 9.69 Å². The van der Waals surface area contributed by atoms with E-state index in [4.69, 9.17) is 0 Å². The Hall–Kier alpha value is -1.52. The van der Waals surface area contributed by atoms with Gasteiger partial charge < -0.3 is 0 Å². The number of carbonyl (C=O) groups excluding carboxylic acids is 1. The molecule has 0 bridgehead atoms. The van der Waals surface area contributed by atoms with Crippen molar-refractivity contribution in [2.45, 2.75) is 6.54 Å². The minimum Gasteiger partial charge on any atom is -0.295 e. The van der Waals surface area contributed by atoms with E-state index in [1.807, 2.05) is 36.2 Å². The molecule has 2 rings (SSSR count). The summed E-state index contributed by atoms with van der Waals surface area (Å²) in [5, 5.41) is 0. The number of Topliss-reactive ketones (excluding diaryl/α,β-unsaturated/α-hetero) is 1. The van der Waals surface area contributed by atoms with Crippen LogP contribution in [-0.2, 0) is 6.54 Å². The lowest BCUT2D eigenvalue weighted by Crippen LogP contribution is -2.25. The quantitative estimate of drug-likeness (QED) is 0.772. The molecule has 104 valence electrons. The van der Waals surface area contributed by atoms with Crippen LogP contribution in [0.4, 0.5) is 4.39 Å². The van der Waals surface area contributed by atoms with E-state index >= 15 is 0 Å². The van der Waals surface area contributed by atoms with Crippen LogP contribution in [0.1, 0.15) is 15.9 Å². The van der Waals surface area contributed by atoms with Crippen LogP contribution in [0, 0.1) is 5.82 Å². The molecule has 4 heteroatoms. The molecule has 20 heavy (non-hydrogen) atoms. The van der Waals surface area contributed by atoms with Gasteiger partial charge in [-0.05, 0) is 36.9 Å². The van der Waals surface area contributed by atoms with Crippen LogP contribution in [0.3, 0.4) is 0 Å². The second-order valence-electron chi connectivity index (χ2n) is 4.74. The predicted octanol–water partition coefficient (Wildman–Crippen LogP) is 3.90. The fraction of sp³-hybridized carbons (Fsp3) is 0.188. The van der Waals surface area contributed by atoms with Crippen LogP contribution < -0.4 is 0 Å². The fourth-order valence-electron chi connectivity index (χ4n) is 2.00. The monoisotopic (exact) mass is 335 g/mol. The molecular formula is C16H15BrFNO. The van der Waals surface area contributed by atoms with Crippen LogP contribution >= 0.6 is 15.9 Å². The van der Waals surface area contributed by atoms with E-state index in [1.165, 1.54) is 12.1 Å². The van der Waals surface area contributed by atoms with E-state index in [9.17, 15) is 9.18 Å². The molecule has 2 nitrogen and oxygen atoms in total. The molecule has 0 atom stereocenters. The maximum atomic E-state index is 13.1. The molecule has 0 saturated heterocycles. The van der Waals surface area contributed by atoms with Gasteiger partial charge in [0.05, 0.1) is 6.54 Å². The maximum absolute atomic E-state index is 13.1. The van der Waals surface area contributed by atoms with Crippen molar-refractivity contribution in [3.63, 3.8) is 0 Å². The Morgan fingerprint density at radius 2 is 1.95 bits per heavy atom. The van der Waals surface area contributed by atoms with Gasteiger partial charge in [0.15, 0.2) is 5.78 Å². The number of rotatable bonds is 5. The molecule has 2 aromatic carbocycles. The molecule has 0 saturated carbocycles. The maximum Gasteiger partial charge on any atom is 0.176 e. The summed E-state index contributed by atoms with van der Waals surface area (Å²) in [5.74, 6) is -0.465. The zero-order valence-corrected chi connectivity index (χ0v) is 12.7. The topological polar surface area (TPSA) is 20.3 Å². The van der Waals surface area contributed by atoms with E-state index in [2.05, 4.69) is 15.9 Å². The number of benzene rings is 2. The van der Waals surface area contributed by atoms with E-state index in [0.717, 1.165) is 10.0 Å². The zero-order valence-electron chi connectivity index (χ0n) is 11.1. The molecule has 0 fully saturated rings. The minimum atomic E-state index is -0.384. The lowest BCUT2D eigenvalue weighted by atomic mass is 10.1. The highest BCUT2D eigenvalue weighted by atomic mass is 79.9. The van der Waals surface area contributed by atoms with Gasteiger partial charge in [0, 0.05) is 16.6 Å². The van der Waals surface area contributed by atoms with Gasteiger partial charge >= 0.3 is 0 Å². The van der Waals surface area contributed by atoms with Gasteiger partial charge in [0.1, 0.15) is 5.82 Å². The third-order valence-electron chi connectivity index (χ3n) is 2.90. The third-order valence-corrected chi connectivity index (χ3v) is 3.39. The Bertz CT molecular complexity index is 615. The second-order valence-corrected chi connectivity index (χ2v) is 5.65. The molecule has 0 amide bonds. The molecule has 0 spiro atoms. The first-order valence-corrected chi connectivity index (χ1v) is 7.05. The summed E-state index contributed by atoms with van der Waals surface area (Å²) in [6, 6.07) is 13.7. The summed E-state index contributed by atoms with van der Waals surface area (Å²) >= 11 is 3.42. The first-order valence-electron chi connectivity index (χ1n) is 6.26. The highest BCUT2D eigenvalue weighted by Crippen LogP contribution is 2.13. The number of hydrogen-bond acceptors (Lipinski definition) is 2. The van der Waals surface area contributed by atoms with Crippen molar-refractivity contribution < 1.29 is 9.18 Å². The molecule has 0 aliphatic heterocycles. The first kappa shape index (κ1) is 14.9. The number of nitrogens with zero attached hydrogens (tertiary/aromatic N) is 1. The summed E-state index contributed by atoms with van der Waals surface area (Å²) in [5.41, 5.74) is 1.53. The molecule has 0 unspecified atom stereocenters. The number of halogens is 2. The molecule has 0 aromatic heterocycles. The van der Waals surface area contributed by atoms with Crippen molar-refractivity contribution in [2.75, 3.05) is 13.6 Å². The van der Waals surface area contributed by atoms with Gasteiger partial charge in [-0.1, -0.05) is 40.2 Å². The molecule has 0 radical (unpaired) electrons. The van der Waals surface area contributed by atoms with Crippen molar-refractivity contribution in [1.29, 1.82) is 0 Å². The molecule has 0 N–H and O–H groups in total. The molecule has 0 aliphatic carbocycles. The summed E-state index contributed by atoms with van der Waals surface area (Å²) in [7, 11) is 1.87. The Morgan fingerprint density at radius 3 is 2.65 bits per heavy atom. The third kappa shape index (κ3) is 4.25. The lowest BCUT2D eigenvalue weighted by molar-refractivity contribution is 0.0942. The fourth-order valence-corrected chi connectivity index (χ4v) is 2.45. The number of hydrogen-bond donors (Lipinski definition) is 0. The highest BCUT2D eigenvalue weighted by molar-refractivity contribution is 9.10. The minimum absolute atomic E-state index is 0.0815. The van der Waals surface area contributed by atoms with Crippen molar-refractivity contribution >= 4 is 21.7 Å². The van der Waals surface area contributed by atoms with Crippen molar-refractivity contribution in [1.82, 2.24) is 4.90 Å². The van der Waals surface area contributed by atoms with Gasteiger partial charge in [-0.2, -0.15) is 0 Å². The van der Waals surface area contributed by atoms with Gasteiger partial charge in [0.2, 0.25) is 0 Å². The molecule has 0 heterocycles. The molecular weight excluding hydrogens is 321 g/mol. The average molecular weight is 336 g/mol. The van der Waals surface area contributed by atoms with Gasteiger partial charge in [-0.25, -0.2) is 4.39 Å². The zero-order chi connectivity index (χ0) is 14.5. The van der Waals surface area contributed by atoms with Crippen LogP contribution in [0.2, 0.25) is 0 Å². The summed E-state index contributed by atoms with van der Waals surface area (Å²) < 4.78 is 14.1. The lowest BCUT2D eigenvalue weighted by Gasteiger charge is -2.16. The SMILES string of the molecule is CN(CC(=O)c1cccc(F)c1)Cc1cccc(Br)c1. The number of carbonyl (C=O) groups is 1. The van der Waals surface area contributed by atoms with Crippen molar-refractivity contribution in [3.05, 3.63) is 69.9 Å². The van der Waals surface area contributed by atoms with Crippen LogP contribution in [-0.4, -0.2) is 24.3 Å². The average Bonchev–Trinajstić information content (AvgIpc) is 2.38. The van der Waals surface area contributed by atoms with E-state index in [-0.39, 0.29) is 18.1 Å². The summed E-state index contributed by atoms with van der Waals surface area (Å²) in [6.07, 6.45) is 0. The smallest absolute Gasteiger partial charge is 0.176 e. The largest absolute Gasteiger partial charge is 0.295 e. The number of likely N-dealkylation sites (N-methyl/N-ethyl adjacent to an activating group) is 1. The van der Waals surface area contributed by atoms with Crippen LogP contribution in [0.15, 0.2) is 53.0 Å². The Kier molecular flexibility index (Phi) is 5.04. The second kappa shape index (κ2) is 6.77. The Balaban J connectivity index is 1.97. The van der Waals surface area contributed by atoms with Gasteiger partial charge in [0.25, 0.3) is 0 Å². The molecule has 0 aliphatic rings. The highest BCUT2D eigenvalue weighted by Gasteiger charge is 2.10. The van der Waals surface area contributed by atoms with Gasteiger partial charge in [-0.15, -0.1) is 0 Å². The predicted molar refractivity (Wildman–Crippen MR) is 81.2 cm³/mol. The Labute approximate surface area is 126 Å². The van der Waals surface area contributed by atoms with E-state index < -0.39 is 0 Å². The summed E-state index contributed by atoms with van der Waals surface area (Å²) in [6.45, 7) is 0.927. The normalized spacial score (nSPS) is 10.8. The Morgan fingerprint density at radius 1 is 1.20 bits per heavy atom. The van der Waals surface area contributed by atoms with Crippen LogP contribution in [0.5, 0.6) is 0 Å². The number of ketones is 1. The molecule has 2 aromatic rings. The van der Waals surface area contributed by atoms with E-state index in [0.29, 0.717) is 12.1 Å². The standard InChI is InChI=1S/C16H15BrFNO/c1-19(10-12-4-2-6-14(17)8-12)11-16(20)13-5-3-7-15(18)9-13/h2-9H,10-11H2,1H3. The van der Waals surface area contributed by atoms with Crippen LogP contribution in [0.25, 0.3) is 0 Å². The van der Waals surface area contributed by atoms with Crippen molar-refractivity contribution in [3.8, 4) is 0 Å². The summed E-state index contributed by atoms with van der Waals surface area (Å²) in [4.78, 5) is 14.0. The van der Waals surface area contributed by atoms with E-state index in [1.54, 1.807) is 12.1 Å². The van der Waals surface area contributed by atoms with Crippen molar-refractivity contribution in [2.24, 2.45) is 0 Å². The first-order chi connectivity index (χ1) is 9.54.